The van der Waals surface area contributed by atoms with E-state index < -0.39 is 6.10 Å². The average Bonchev–Trinajstić information content (AvgIpc) is 2.38. The van der Waals surface area contributed by atoms with E-state index in [0.717, 1.165) is 0 Å². The van der Waals surface area contributed by atoms with Gasteiger partial charge in [0.1, 0.15) is 11.9 Å². The molecule has 1 unspecified atom stereocenters. The van der Waals surface area contributed by atoms with Crippen molar-refractivity contribution in [3.8, 4) is 0 Å². The van der Waals surface area contributed by atoms with Gasteiger partial charge in [-0.05, 0) is 19.1 Å². The van der Waals surface area contributed by atoms with Gasteiger partial charge in [-0.15, -0.1) is 0 Å². The van der Waals surface area contributed by atoms with Crippen LogP contribution in [0, 0.1) is 0 Å². The highest BCUT2D eigenvalue weighted by Gasteiger charge is 2.03. The van der Waals surface area contributed by atoms with Crippen LogP contribution in [0.15, 0.2) is 35.0 Å². The lowest BCUT2D eigenvalue weighted by Crippen LogP contribution is -1.88. The van der Waals surface area contributed by atoms with Crippen molar-refractivity contribution in [2.45, 2.75) is 13.0 Å². The molecule has 0 amide bonds. The Kier molecular flexibility index (Phi) is 2.29. The van der Waals surface area contributed by atoms with Gasteiger partial charge in [-0.25, -0.2) is 0 Å². The Hall–Kier alpha value is -1.02. The van der Waals surface area contributed by atoms with Crippen molar-refractivity contribution in [2.24, 2.45) is 0 Å². The van der Waals surface area contributed by atoms with Crippen LogP contribution in [0.5, 0.6) is 0 Å². The number of hydrogen-bond acceptors (Lipinski definition) is 2. The summed E-state index contributed by atoms with van der Waals surface area (Å²) in [6.45, 7) is 1.85. The van der Waals surface area contributed by atoms with Gasteiger partial charge in [-0.1, -0.05) is 12.2 Å². The van der Waals surface area contributed by atoms with Gasteiger partial charge in [-0.3, -0.25) is 0 Å². The molecule has 10 heavy (non-hydrogen) atoms. The molecule has 1 atom stereocenters. The van der Waals surface area contributed by atoms with Crippen molar-refractivity contribution in [1.29, 1.82) is 0 Å². The predicted molar refractivity (Wildman–Crippen MR) is 38.5 cm³/mol. The maximum Gasteiger partial charge on any atom is 0.136 e. The first kappa shape index (κ1) is 7.09. The van der Waals surface area contributed by atoms with Gasteiger partial charge in [0.25, 0.3) is 0 Å². The first-order valence-electron chi connectivity index (χ1n) is 3.19. The average molecular weight is 138 g/mol. The fourth-order valence-corrected chi connectivity index (χ4v) is 0.737. The zero-order valence-corrected chi connectivity index (χ0v) is 5.82. The summed E-state index contributed by atoms with van der Waals surface area (Å²) < 4.78 is 4.95. The second-order valence-corrected chi connectivity index (χ2v) is 1.99. The number of hydrogen-bond donors (Lipinski definition) is 1. The minimum absolute atomic E-state index is 0.582. The molecular formula is C8H10O2. The van der Waals surface area contributed by atoms with Crippen LogP contribution < -0.4 is 0 Å². The molecule has 0 saturated heterocycles. The third-order valence-corrected chi connectivity index (χ3v) is 1.21. The van der Waals surface area contributed by atoms with Gasteiger partial charge in [0.15, 0.2) is 0 Å². The fraction of sp³-hybridized carbons (Fsp3) is 0.250. The zero-order valence-electron chi connectivity index (χ0n) is 5.82. The number of aliphatic hydroxyl groups excluding tert-OH is 1. The van der Waals surface area contributed by atoms with E-state index in [4.69, 9.17) is 4.42 Å². The van der Waals surface area contributed by atoms with Gasteiger partial charge in [0, 0.05) is 0 Å². The van der Waals surface area contributed by atoms with Gasteiger partial charge >= 0.3 is 0 Å². The molecule has 1 aromatic rings. The number of aliphatic hydroxyl groups is 1. The van der Waals surface area contributed by atoms with Gasteiger partial charge < -0.3 is 9.52 Å². The van der Waals surface area contributed by atoms with Crippen LogP contribution in [-0.4, -0.2) is 5.11 Å². The third kappa shape index (κ3) is 1.48. The topological polar surface area (TPSA) is 33.4 Å². The van der Waals surface area contributed by atoms with Crippen LogP contribution in [0.4, 0.5) is 0 Å². The van der Waals surface area contributed by atoms with Crippen LogP contribution in [-0.2, 0) is 0 Å². The van der Waals surface area contributed by atoms with Crippen LogP contribution >= 0.6 is 0 Å². The largest absolute Gasteiger partial charge is 0.466 e. The summed E-state index contributed by atoms with van der Waals surface area (Å²) in [6, 6.07) is 3.49. The lowest BCUT2D eigenvalue weighted by molar-refractivity contribution is 0.197. The van der Waals surface area contributed by atoms with Crippen molar-refractivity contribution in [2.75, 3.05) is 0 Å². The quantitative estimate of drug-likeness (QED) is 0.633. The fourth-order valence-electron chi connectivity index (χ4n) is 0.737. The first-order chi connectivity index (χ1) is 4.84. The molecule has 0 aliphatic rings. The Bertz CT molecular complexity index is 199. The van der Waals surface area contributed by atoms with E-state index in [1.807, 2.05) is 6.92 Å². The zero-order chi connectivity index (χ0) is 7.40. The summed E-state index contributed by atoms with van der Waals surface area (Å²) in [7, 11) is 0. The molecule has 1 rings (SSSR count). The smallest absolute Gasteiger partial charge is 0.136 e. The van der Waals surface area contributed by atoms with Crippen molar-refractivity contribution in [3.05, 3.63) is 36.3 Å². The molecule has 0 aromatic carbocycles. The van der Waals surface area contributed by atoms with E-state index in [-0.39, 0.29) is 0 Å². The molecule has 54 valence electrons. The van der Waals surface area contributed by atoms with Crippen molar-refractivity contribution in [1.82, 2.24) is 0 Å². The highest BCUT2D eigenvalue weighted by Crippen LogP contribution is 2.13. The molecule has 2 nitrogen and oxygen atoms in total. The third-order valence-electron chi connectivity index (χ3n) is 1.21. The lowest BCUT2D eigenvalue weighted by atomic mass is 10.2. The molecule has 0 aliphatic heterocycles. The molecule has 0 saturated carbocycles. The van der Waals surface area contributed by atoms with Crippen LogP contribution in [0.1, 0.15) is 18.8 Å². The maximum atomic E-state index is 9.23. The van der Waals surface area contributed by atoms with E-state index in [9.17, 15) is 5.11 Å². The van der Waals surface area contributed by atoms with E-state index in [2.05, 4.69) is 0 Å². The summed E-state index contributed by atoms with van der Waals surface area (Å²) in [5.74, 6) is 0.582. The molecule has 1 heterocycles. The monoisotopic (exact) mass is 138 g/mol. The Morgan fingerprint density at radius 3 is 3.00 bits per heavy atom. The van der Waals surface area contributed by atoms with Crippen molar-refractivity contribution < 1.29 is 9.52 Å². The first-order valence-corrected chi connectivity index (χ1v) is 3.19. The maximum absolute atomic E-state index is 9.23. The molecule has 1 N–H and O–H groups in total. The molecule has 2 heteroatoms. The number of furan rings is 1. The number of allylic oxidation sites excluding steroid dienone is 1. The highest BCUT2D eigenvalue weighted by molar-refractivity contribution is 5.07. The van der Waals surface area contributed by atoms with Gasteiger partial charge in [0.2, 0.25) is 0 Å². The van der Waals surface area contributed by atoms with Gasteiger partial charge in [-0.2, -0.15) is 0 Å². The van der Waals surface area contributed by atoms with Crippen LogP contribution in [0.3, 0.4) is 0 Å². The van der Waals surface area contributed by atoms with Crippen molar-refractivity contribution >= 4 is 0 Å². The Morgan fingerprint density at radius 1 is 1.70 bits per heavy atom. The van der Waals surface area contributed by atoms with E-state index >= 15 is 0 Å². The predicted octanol–water partition coefficient (Wildman–Crippen LogP) is 1.89. The SMILES string of the molecule is CC=CC(O)c1ccco1. The minimum Gasteiger partial charge on any atom is -0.466 e. The second kappa shape index (κ2) is 3.22. The summed E-state index contributed by atoms with van der Waals surface area (Å²) in [6.07, 6.45) is 4.40. The molecular weight excluding hydrogens is 128 g/mol. The molecule has 0 spiro atoms. The molecule has 1 aromatic heterocycles. The molecule has 0 aliphatic carbocycles. The Balaban J connectivity index is 2.67. The minimum atomic E-state index is -0.597. The lowest BCUT2D eigenvalue weighted by Gasteiger charge is -1.97. The Morgan fingerprint density at radius 2 is 2.50 bits per heavy atom. The molecule has 0 bridgehead atoms. The van der Waals surface area contributed by atoms with Crippen LogP contribution in [0.25, 0.3) is 0 Å². The normalized spacial score (nSPS) is 14.2. The molecule has 0 radical (unpaired) electrons. The van der Waals surface area contributed by atoms with E-state index in [1.54, 1.807) is 30.5 Å². The standard InChI is InChI=1S/C8H10O2/c1-2-4-7(9)8-5-3-6-10-8/h2-7,9H,1H3. The summed E-state index contributed by atoms with van der Waals surface area (Å²) >= 11 is 0. The summed E-state index contributed by atoms with van der Waals surface area (Å²) in [5, 5.41) is 9.23. The van der Waals surface area contributed by atoms with Gasteiger partial charge in [0.05, 0.1) is 6.26 Å². The number of rotatable bonds is 2. The summed E-state index contributed by atoms with van der Waals surface area (Å²) in [4.78, 5) is 0. The second-order valence-electron chi connectivity index (χ2n) is 1.99. The molecule has 0 fully saturated rings. The van der Waals surface area contributed by atoms with Crippen LogP contribution in [0.2, 0.25) is 0 Å². The summed E-state index contributed by atoms with van der Waals surface area (Å²) in [5.41, 5.74) is 0. The van der Waals surface area contributed by atoms with E-state index in [0.29, 0.717) is 5.76 Å². The Labute approximate surface area is 59.8 Å². The highest BCUT2D eigenvalue weighted by atomic mass is 16.4. The van der Waals surface area contributed by atoms with Crippen molar-refractivity contribution in [3.63, 3.8) is 0 Å². The van der Waals surface area contributed by atoms with E-state index in [1.165, 1.54) is 0 Å².